The number of aliphatic hydroxyl groups is 1. The Labute approximate surface area is 107 Å². The van der Waals surface area contributed by atoms with Crippen LogP contribution in [-0.2, 0) is 11.0 Å². The van der Waals surface area contributed by atoms with Gasteiger partial charge in [0.2, 0.25) is 0 Å². The molecule has 19 heavy (non-hydrogen) atoms. The highest BCUT2D eigenvalue weighted by Crippen LogP contribution is 2.31. The molecule has 0 aromatic heterocycles. The summed E-state index contributed by atoms with van der Waals surface area (Å²) in [6, 6.07) is 4.19. The molecule has 0 bridgehead atoms. The second-order valence-electron chi connectivity index (χ2n) is 3.74. The highest BCUT2D eigenvalue weighted by Gasteiger charge is 2.30. The predicted molar refractivity (Wildman–Crippen MR) is 62.0 cm³/mol. The number of halogens is 3. The molecule has 1 rings (SSSR count). The average molecular weight is 272 g/mol. The van der Waals surface area contributed by atoms with E-state index in [-0.39, 0.29) is 17.1 Å². The van der Waals surface area contributed by atoms with Gasteiger partial charge in [0, 0.05) is 6.92 Å². The molecule has 0 heterocycles. The first kappa shape index (κ1) is 14.9. The molecule has 1 N–H and O–H groups in total. The molecule has 1 aromatic carbocycles. The molecule has 0 spiro atoms. The molecule has 102 valence electrons. The van der Waals surface area contributed by atoms with Crippen LogP contribution in [-0.4, -0.2) is 10.9 Å². The number of benzene rings is 1. The lowest BCUT2D eigenvalue weighted by Crippen LogP contribution is -2.03. The number of nitrogens with zero attached hydrogens (tertiary/aromatic N) is 2. The van der Waals surface area contributed by atoms with Gasteiger partial charge in [-0.3, -0.25) is 4.79 Å². The van der Waals surface area contributed by atoms with E-state index in [1.807, 2.05) is 0 Å². The number of carbonyl (C=O) groups is 1. The Balaban J connectivity index is 3.07. The van der Waals surface area contributed by atoms with Crippen molar-refractivity contribution in [3.05, 3.63) is 41.3 Å². The van der Waals surface area contributed by atoms with Gasteiger partial charge >= 0.3 is 6.18 Å². The molecule has 0 aliphatic heterocycles. The van der Waals surface area contributed by atoms with Crippen molar-refractivity contribution in [1.82, 2.24) is 0 Å². The van der Waals surface area contributed by atoms with E-state index < -0.39 is 17.5 Å². The number of rotatable bonds is 3. The van der Waals surface area contributed by atoms with Crippen LogP contribution in [0, 0.1) is 0 Å². The molecule has 4 nitrogen and oxygen atoms in total. The van der Waals surface area contributed by atoms with Crippen molar-refractivity contribution in [2.75, 3.05) is 0 Å². The average Bonchev–Trinajstić information content (AvgIpc) is 2.27. The molecule has 0 fully saturated rings. The van der Waals surface area contributed by atoms with Crippen molar-refractivity contribution in [3.63, 3.8) is 0 Å². The van der Waals surface area contributed by atoms with Crippen molar-refractivity contribution in [2.24, 2.45) is 10.2 Å². The first-order chi connectivity index (χ1) is 8.71. The molecule has 1 aromatic rings. The van der Waals surface area contributed by atoms with Crippen LogP contribution in [0.1, 0.15) is 19.4 Å². The third-order valence-electron chi connectivity index (χ3n) is 2.12. The number of allylic oxidation sites excluding steroid dienone is 2. The minimum Gasteiger partial charge on any atom is -0.510 e. The second-order valence-corrected chi connectivity index (χ2v) is 3.74. The largest absolute Gasteiger partial charge is 0.510 e. The lowest BCUT2D eigenvalue weighted by atomic mass is 10.2. The molecule has 0 atom stereocenters. The minimum absolute atomic E-state index is 0.0603. The van der Waals surface area contributed by atoms with Crippen molar-refractivity contribution in [1.29, 1.82) is 0 Å². The first-order valence-corrected chi connectivity index (χ1v) is 5.21. The van der Waals surface area contributed by atoms with Gasteiger partial charge in [-0.05, 0) is 25.1 Å². The van der Waals surface area contributed by atoms with Crippen LogP contribution in [0.5, 0.6) is 0 Å². The van der Waals surface area contributed by atoms with Crippen molar-refractivity contribution in [3.8, 4) is 0 Å². The number of hydrogen-bond acceptors (Lipinski definition) is 4. The first-order valence-electron chi connectivity index (χ1n) is 5.21. The SMILES string of the molecule is CC(=O)/C(N=Nc1cccc(C(F)(F)F)c1)=C(\C)O. The summed E-state index contributed by atoms with van der Waals surface area (Å²) >= 11 is 0. The molecular formula is C12H11F3N2O2. The molecule has 0 saturated heterocycles. The number of Topliss-reactive ketones (excluding diaryl/α,β-unsaturated/α-hetero) is 1. The van der Waals surface area contributed by atoms with E-state index in [1.54, 1.807) is 0 Å². The monoisotopic (exact) mass is 272 g/mol. The van der Waals surface area contributed by atoms with Crippen molar-refractivity contribution in [2.45, 2.75) is 20.0 Å². The van der Waals surface area contributed by atoms with Crippen LogP contribution in [0.25, 0.3) is 0 Å². The zero-order chi connectivity index (χ0) is 14.6. The standard InChI is InChI=1S/C12H11F3N2O2/c1-7(18)11(8(2)19)17-16-10-5-3-4-9(6-10)12(13,14)15/h3-6,18H,1-2H3/b11-7-,17-16?. The summed E-state index contributed by atoms with van der Waals surface area (Å²) in [4.78, 5) is 11.1. The molecular weight excluding hydrogens is 261 g/mol. The summed E-state index contributed by atoms with van der Waals surface area (Å²) in [6.07, 6.45) is -4.47. The molecule has 0 saturated carbocycles. The zero-order valence-electron chi connectivity index (χ0n) is 10.2. The van der Waals surface area contributed by atoms with Gasteiger partial charge in [0.1, 0.15) is 5.76 Å². The third-order valence-corrected chi connectivity index (χ3v) is 2.12. The third kappa shape index (κ3) is 4.20. The van der Waals surface area contributed by atoms with Gasteiger partial charge in [-0.25, -0.2) is 0 Å². The number of hydrogen-bond donors (Lipinski definition) is 1. The Morgan fingerprint density at radius 2 is 1.89 bits per heavy atom. The Bertz CT molecular complexity index is 544. The summed E-state index contributed by atoms with van der Waals surface area (Å²) in [5.41, 5.74) is -1.22. The van der Waals surface area contributed by atoms with Crippen LogP contribution in [0.4, 0.5) is 18.9 Å². The maximum atomic E-state index is 12.4. The van der Waals surface area contributed by atoms with Crippen LogP contribution in [0.2, 0.25) is 0 Å². The molecule has 0 radical (unpaired) electrons. The summed E-state index contributed by atoms with van der Waals surface area (Å²) in [5, 5.41) is 16.1. The quantitative estimate of drug-likeness (QED) is 0.510. The summed E-state index contributed by atoms with van der Waals surface area (Å²) in [7, 11) is 0. The van der Waals surface area contributed by atoms with Gasteiger partial charge in [-0.15, -0.1) is 5.11 Å². The summed E-state index contributed by atoms with van der Waals surface area (Å²) in [6.45, 7) is 2.40. The van der Waals surface area contributed by atoms with E-state index in [0.29, 0.717) is 0 Å². The number of ketones is 1. The zero-order valence-corrected chi connectivity index (χ0v) is 10.2. The maximum Gasteiger partial charge on any atom is 0.416 e. The van der Waals surface area contributed by atoms with E-state index in [0.717, 1.165) is 12.1 Å². The highest BCUT2D eigenvalue weighted by atomic mass is 19.4. The van der Waals surface area contributed by atoms with Crippen LogP contribution in [0.15, 0.2) is 46.0 Å². The van der Waals surface area contributed by atoms with Gasteiger partial charge in [0.05, 0.1) is 11.3 Å². The molecule has 0 amide bonds. The summed E-state index contributed by atoms with van der Waals surface area (Å²) < 4.78 is 37.3. The van der Waals surface area contributed by atoms with Crippen LogP contribution < -0.4 is 0 Å². The molecule has 0 unspecified atom stereocenters. The van der Waals surface area contributed by atoms with Crippen LogP contribution >= 0.6 is 0 Å². The smallest absolute Gasteiger partial charge is 0.416 e. The number of azo groups is 1. The predicted octanol–water partition coefficient (Wildman–Crippen LogP) is 4.17. The van der Waals surface area contributed by atoms with Crippen molar-refractivity contribution < 1.29 is 23.1 Å². The fraction of sp³-hybridized carbons (Fsp3) is 0.250. The van der Waals surface area contributed by atoms with Crippen molar-refractivity contribution >= 4 is 11.5 Å². The highest BCUT2D eigenvalue weighted by molar-refractivity contribution is 5.93. The van der Waals surface area contributed by atoms with E-state index in [9.17, 15) is 18.0 Å². The minimum atomic E-state index is -4.47. The van der Waals surface area contributed by atoms with Gasteiger partial charge in [-0.1, -0.05) is 6.07 Å². The topological polar surface area (TPSA) is 62.0 Å². The van der Waals surface area contributed by atoms with E-state index in [4.69, 9.17) is 5.11 Å². The van der Waals surface area contributed by atoms with Crippen LogP contribution in [0.3, 0.4) is 0 Å². The number of aliphatic hydroxyl groups excluding tert-OH is 1. The summed E-state index contributed by atoms with van der Waals surface area (Å²) in [5.74, 6) is -0.876. The Kier molecular flexibility index (Phi) is 4.42. The Morgan fingerprint density at radius 3 is 2.37 bits per heavy atom. The Morgan fingerprint density at radius 1 is 1.26 bits per heavy atom. The fourth-order valence-electron chi connectivity index (χ4n) is 1.25. The van der Waals surface area contributed by atoms with Gasteiger partial charge in [-0.2, -0.15) is 18.3 Å². The van der Waals surface area contributed by atoms with E-state index in [1.165, 1.54) is 26.0 Å². The molecule has 0 aliphatic rings. The van der Waals surface area contributed by atoms with Gasteiger partial charge in [0.15, 0.2) is 11.5 Å². The number of carbonyl (C=O) groups excluding carboxylic acids is 1. The fourth-order valence-corrected chi connectivity index (χ4v) is 1.25. The molecule has 0 aliphatic carbocycles. The number of alkyl halides is 3. The lowest BCUT2D eigenvalue weighted by Gasteiger charge is -2.06. The molecule has 7 heteroatoms. The van der Waals surface area contributed by atoms with Gasteiger partial charge in [0.25, 0.3) is 0 Å². The second kappa shape index (κ2) is 5.64. The maximum absolute atomic E-state index is 12.4. The van der Waals surface area contributed by atoms with Gasteiger partial charge < -0.3 is 5.11 Å². The normalized spacial score (nSPS) is 13.5. The van der Waals surface area contributed by atoms with E-state index >= 15 is 0 Å². The van der Waals surface area contributed by atoms with E-state index in [2.05, 4.69) is 10.2 Å². The Hall–Kier alpha value is -2.18. The lowest BCUT2D eigenvalue weighted by molar-refractivity contribution is -0.137.